The summed E-state index contributed by atoms with van der Waals surface area (Å²) in [5, 5.41) is 7.98. The summed E-state index contributed by atoms with van der Waals surface area (Å²) in [6, 6.07) is 15.4. The molecule has 2 aliphatic heterocycles. The molecule has 6 rings (SSSR count). The fourth-order valence-corrected chi connectivity index (χ4v) is 9.69. The fourth-order valence-electron chi connectivity index (χ4n) is 6.11. The van der Waals surface area contributed by atoms with Gasteiger partial charge >= 0.3 is 0 Å². The molecule has 1 saturated carbocycles. The van der Waals surface area contributed by atoms with Gasteiger partial charge in [-0.05, 0) is 109 Å². The lowest BCUT2D eigenvalue weighted by molar-refractivity contribution is 0.102. The van der Waals surface area contributed by atoms with E-state index in [2.05, 4.69) is 5.32 Å². The molecule has 1 aliphatic carbocycles. The third-order valence-corrected chi connectivity index (χ3v) is 11.8. The molecule has 0 aromatic heterocycles. The van der Waals surface area contributed by atoms with E-state index in [1.165, 1.54) is 30.3 Å². The zero-order valence-electron chi connectivity index (χ0n) is 21.4. The van der Waals surface area contributed by atoms with Crippen LogP contribution in [-0.2, 0) is 25.5 Å². The van der Waals surface area contributed by atoms with Gasteiger partial charge in [-0.1, -0.05) is 6.07 Å². The Morgan fingerprint density at radius 2 is 1.65 bits per heavy atom. The Bertz CT molecular complexity index is 1700. The number of amides is 1. The van der Waals surface area contributed by atoms with Gasteiger partial charge in [0.15, 0.2) is 0 Å². The summed E-state index contributed by atoms with van der Waals surface area (Å²) >= 11 is 1.84. The van der Waals surface area contributed by atoms with E-state index in [0.717, 1.165) is 54.9 Å². The second-order valence-electron chi connectivity index (χ2n) is 10.6. The Labute approximate surface area is 237 Å². The van der Waals surface area contributed by atoms with Crippen molar-refractivity contribution < 1.29 is 26.0 Å². The molecule has 3 aliphatic rings. The van der Waals surface area contributed by atoms with Gasteiger partial charge in [0.1, 0.15) is 5.82 Å². The molecule has 2 heterocycles. The highest BCUT2D eigenvalue weighted by atomic mass is 32.2. The monoisotopic (exact) mass is 601 g/mol. The topological polar surface area (TPSA) is 127 Å². The number of benzene rings is 3. The van der Waals surface area contributed by atoms with Gasteiger partial charge in [0.25, 0.3) is 15.9 Å². The van der Waals surface area contributed by atoms with Crippen molar-refractivity contribution in [3.8, 4) is 0 Å². The number of sulfonamides is 2. The third-order valence-electron chi connectivity index (χ3n) is 8.10. The van der Waals surface area contributed by atoms with E-state index in [9.17, 15) is 26.0 Å². The Kier molecular flexibility index (Phi) is 6.72. The highest BCUT2D eigenvalue weighted by molar-refractivity contribution is 7.99. The lowest BCUT2D eigenvalue weighted by Crippen LogP contribution is -2.50. The highest BCUT2D eigenvalue weighted by Gasteiger charge is 2.59. The number of anilines is 2. The van der Waals surface area contributed by atoms with Crippen LogP contribution in [0.2, 0.25) is 0 Å². The fraction of sp³-hybridized carbons (Fsp3) is 0.321. The van der Waals surface area contributed by atoms with Gasteiger partial charge in [-0.2, -0.15) is 11.8 Å². The van der Waals surface area contributed by atoms with Crippen LogP contribution in [0.3, 0.4) is 0 Å². The number of fused-ring (bicyclic) bond motifs is 2. The predicted molar refractivity (Wildman–Crippen MR) is 153 cm³/mol. The van der Waals surface area contributed by atoms with Crippen LogP contribution >= 0.6 is 11.8 Å². The van der Waals surface area contributed by atoms with Gasteiger partial charge in [0.05, 0.1) is 21.5 Å². The van der Waals surface area contributed by atoms with Crippen molar-refractivity contribution in [2.75, 3.05) is 21.1 Å². The number of hydrogen-bond acceptors (Lipinski definition) is 6. The molecule has 1 amide bonds. The Hall–Kier alpha value is -2.93. The third kappa shape index (κ3) is 4.70. The molecule has 1 spiro atoms. The number of nitrogens with two attached hydrogens (primary N) is 1. The zero-order chi connectivity index (χ0) is 28.3. The highest BCUT2D eigenvalue weighted by Crippen LogP contribution is 2.59. The molecule has 0 bridgehead atoms. The molecule has 0 radical (unpaired) electrons. The summed E-state index contributed by atoms with van der Waals surface area (Å²) in [5.74, 6) is 1.00. The van der Waals surface area contributed by atoms with Crippen LogP contribution in [0.5, 0.6) is 0 Å². The Balaban J connectivity index is 1.43. The number of carbonyl (C=O) groups is 1. The Morgan fingerprint density at radius 3 is 2.30 bits per heavy atom. The number of nitrogens with zero attached hydrogens (tertiary/aromatic N) is 1. The van der Waals surface area contributed by atoms with E-state index in [4.69, 9.17) is 5.14 Å². The molecule has 3 N–H and O–H groups in total. The second-order valence-corrected chi connectivity index (χ2v) is 15.2. The first-order valence-corrected chi connectivity index (χ1v) is 17.1. The number of primary sulfonamides is 1. The first kappa shape index (κ1) is 27.3. The van der Waals surface area contributed by atoms with Crippen molar-refractivity contribution in [3.63, 3.8) is 0 Å². The number of halogens is 1. The molecule has 2 fully saturated rings. The molecular weight excluding hydrogens is 574 g/mol. The largest absolute Gasteiger partial charge is 0.322 e. The minimum Gasteiger partial charge on any atom is -0.322 e. The molecule has 1 atom stereocenters. The second kappa shape index (κ2) is 9.86. The summed E-state index contributed by atoms with van der Waals surface area (Å²) in [6.07, 6.45) is 3.42. The van der Waals surface area contributed by atoms with Crippen LogP contribution in [0.15, 0.2) is 76.5 Å². The summed E-state index contributed by atoms with van der Waals surface area (Å²) < 4.78 is 66.9. The van der Waals surface area contributed by atoms with Crippen molar-refractivity contribution in [2.24, 2.45) is 11.1 Å². The molecule has 12 heteroatoms. The van der Waals surface area contributed by atoms with E-state index in [1.54, 1.807) is 28.6 Å². The first-order valence-electron chi connectivity index (χ1n) is 13.0. The van der Waals surface area contributed by atoms with E-state index in [1.807, 2.05) is 11.8 Å². The lowest BCUT2D eigenvalue weighted by Gasteiger charge is -2.41. The first-order chi connectivity index (χ1) is 19.0. The molecule has 3 aromatic carbocycles. The summed E-state index contributed by atoms with van der Waals surface area (Å²) in [7, 11) is -7.95. The average Bonchev–Trinajstić information content (AvgIpc) is 3.73. The quantitative estimate of drug-likeness (QED) is 0.429. The van der Waals surface area contributed by atoms with Crippen LogP contribution < -0.4 is 14.8 Å². The van der Waals surface area contributed by atoms with Gasteiger partial charge in [-0.25, -0.2) is 26.4 Å². The number of nitrogens with one attached hydrogen (secondary N) is 1. The van der Waals surface area contributed by atoms with Crippen molar-refractivity contribution in [2.45, 2.75) is 46.9 Å². The lowest BCUT2D eigenvalue weighted by atomic mass is 9.70. The van der Waals surface area contributed by atoms with Crippen molar-refractivity contribution in [3.05, 3.63) is 83.7 Å². The molecule has 1 saturated heterocycles. The molecule has 1 unspecified atom stereocenters. The van der Waals surface area contributed by atoms with E-state index >= 15 is 0 Å². The van der Waals surface area contributed by atoms with Gasteiger partial charge in [0.2, 0.25) is 10.0 Å². The van der Waals surface area contributed by atoms with Gasteiger partial charge in [-0.15, -0.1) is 0 Å². The van der Waals surface area contributed by atoms with Crippen LogP contribution in [0.25, 0.3) is 0 Å². The van der Waals surface area contributed by atoms with E-state index in [0.29, 0.717) is 11.3 Å². The summed E-state index contributed by atoms with van der Waals surface area (Å²) in [4.78, 5) is 13.3. The number of hydrogen-bond donors (Lipinski definition) is 2. The van der Waals surface area contributed by atoms with E-state index in [-0.39, 0.29) is 27.4 Å². The normalized spacial score (nSPS) is 20.4. The molecule has 3 aromatic rings. The maximum absolute atomic E-state index is 14.1. The molecule has 40 heavy (non-hydrogen) atoms. The Morgan fingerprint density at radius 1 is 0.950 bits per heavy atom. The maximum atomic E-state index is 14.1. The van der Waals surface area contributed by atoms with Crippen molar-refractivity contribution in [1.29, 1.82) is 0 Å². The zero-order valence-corrected chi connectivity index (χ0v) is 23.9. The van der Waals surface area contributed by atoms with Crippen LogP contribution in [0.4, 0.5) is 15.8 Å². The standard InChI is InChI=1S/C28H28FN3O5S3/c29-20-7-9-22(10-8-20)40(36,37)32-25-11-6-19(27(33)31-21-2-1-3-23(17-21)39(30,34)35)16-24(25)28(12-14-38-15-13-28)26(32)18-4-5-18/h1-3,6-11,16-18,26H,4-5,12-15H2,(H,31,33)(H2,30,34,35). The minimum atomic E-state index is -4.01. The van der Waals surface area contributed by atoms with Crippen LogP contribution in [0.1, 0.15) is 41.6 Å². The van der Waals surface area contributed by atoms with Crippen LogP contribution in [0, 0.1) is 11.7 Å². The predicted octanol–water partition coefficient (Wildman–Crippen LogP) is 4.48. The van der Waals surface area contributed by atoms with Gasteiger partial charge in [0, 0.05) is 16.7 Å². The number of rotatable bonds is 6. The average molecular weight is 602 g/mol. The molecular formula is C28H28FN3O5S3. The maximum Gasteiger partial charge on any atom is 0.264 e. The van der Waals surface area contributed by atoms with E-state index < -0.39 is 37.2 Å². The van der Waals surface area contributed by atoms with Crippen LogP contribution in [-0.4, -0.2) is 40.3 Å². The van der Waals surface area contributed by atoms with Gasteiger partial charge in [-0.3, -0.25) is 9.10 Å². The molecule has 210 valence electrons. The van der Waals surface area contributed by atoms with Crippen molar-refractivity contribution in [1.82, 2.24) is 0 Å². The summed E-state index contributed by atoms with van der Waals surface area (Å²) in [6.45, 7) is 0. The minimum absolute atomic E-state index is 0.0318. The smallest absolute Gasteiger partial charge is 0.264 e. The SMILES string of the molecule is NS(=O)(=O)c1cccc(NC(=O)c2ccc3c(c2)C2(CCSCC2)C(C2CC2)N3S(=O)(=O)c2ccc(F)cc2)c1. The van der Waals surface area contributed by atoms with Crippen molar-refractivity contribution >= 4 is 49.1 Å². The molecule has 8 nitrogen and oxygen atoms in total. The summed E-state index contributed by atoms with van der Waals surface area (Å²) in [5.41, 5.74) is 1.56. The van der Waals surface area contributed by atoms with Gasteiger partial charge < -0.3 is 5.32 Å². The number of carbonyl (C=O) groups excluding carboxylic acids is 1. The number of thioether (sulfide) groups is 1.